The largest absolute Gasteiger partial charge is 0.489 e. The van der Waals surface area contributed by atoms with Gasteiger partial charge in [0.2, 0.25) is 0 Å². The van der Waals surface area contributed by atoms with Gasteiger partial charge in [-0.05, 0) is 41.7 Å². The minimum atomic E-state index is -0.103. The van der Waals surface area contributed by atoms with Crippen LogP contribution in [0.4, 0.5) is 0 Å². The van der Waals surface area contributed by atoms with Crippen LogP contribution in [0.3, 0.4) is 0 Å². The molecule has 0 aliphatic heterocycles. The first-order valence-corrected chi connectivity index (χ1v) is 8.82. The first-order chi connectivity index (χ1) is 12.2. The fourth-order valence-electron chi connectivity index (χ4n) is 3.48. The van der Waals surface area contributed by atoms with Crippen molar-refractivity contribution in [3.05, 3.63) is 102 Å². The summed E-state index contributed by atoms with van der Waals surface area (Å²) in [7, 11) is 0. The van der Waals surface area contributed by atoms with Gasteiger partial charge >= 0.3 is 0 Å². The van der Waals surface area contributed by atoms with E-state index in [0.29, 0.717) is 12.5 Å². The smallest absolute Gasteiger partial charge is 0.119 e. The van der Waals surface area contributed by atoms with E-state index in [4.69, 9.17) is 10.5 Å². The SMILES string of the molecule is N[C@]1(Cc2ccccc2)C[C@@H]1c1ccc(OCc2ccccc2)cc1. The van der Waals surface area contributed by atoms with Gasteiger partial charge in [0.25, 0.3) is 0 Å². The lowest BCUT2D eigenvalue weighted by molar-refractivity contribution is 0.306. The fourth-order valence-corrected chi connectivity index (χ4v) is 3.48. The van der Waals surface area contributed by atoms with Gasteiger partial charge in [-0.1, -0.05) is 72.8 Å². The monoisotopic (exact) mass is 329 g/mol. The average molecular weight is 329 g/mol. The van der Waals surface area contributed by atoms with E-state index in [1.165, 1.54) is 16.7 Å². The summed E-state index contributed by atoms with van der Waals surface area (Å²) < 4.78 is 5.86. The zero-order valence-corrected chi connectivity index (χ0v) is 14.3. The summed E-state index contributed by atoms with van der Waals surface area (Å²) in [5, 5.41) is 0. The average Bonchev–Trinajstić information content (AvgIpc) is 3.33. The Bertz CT molecular complexity index is 814. The van der Waals surface area contributed by atoms with Crippen LogP contribution in [0.15, 0.2) is 84.9 Å². The Morgan fingerprint density at radius 3 is 2.04 bits per heavy atom. The molecule has 25 heavy (non-hydrogen) atoms. The van der Waals surface area contributed by atoms with Crippen molar-refractivity contribution in [3.8, 4) is 5.75 Å². The fraction of sp³-hybridized carbons (Fsp3) is 0.217. The molecular weight excluding hydrogens is 306 g/mol. The topological polar surface area (TPSA) is 35.2 Å². The molecule has 0 unspecified atom stereocenters. The quantitative estimate of drug-likeness (QED) is 0.712. The number of benzene rings is 3. The van der Waals surface area contributed by atoms with Crippen molar-refractivity contribution >= 4 is 0 Å². The Hall–Kier alpha value is -2.58. The molecule has 0 spiro atoms. The number of hydrogen-bond donors (Lipinski definition) is 1. The van der Waals surface area contributed by atoms with Gasteiger partial charge in [-0.15, -0.1) is 0 Å². The van der Waals surface area contributed by atoms with Crippen molar-refractivity contribution in [1.29, 1.82) is 0 Å². The third kappa shape index (κ3) is 3.75. The molecule has 0 radical (unpaired) electrons. The lowest BCUT2D eigenvalue weighted by Crippen LogP contribution is -2.27. The van der Waals surface area contributed by atoms with E-state index in [-0.39, 0.29) is 5.54 Å². The lowest BCUT2D eigenvalue weighted by Gasteiger charge is -2.12. The Balaban J connectivity index is 1.36. The molecule has 0 heterocycles. The summed E-state index contributed by atoms with van der Waals surface area (Å²) >= 11 is 0. The Morgan fingerprint density at radius 1 is 0.800 bits per heavy atom. The minimum absolute atomic E-state index is 0.103. The molecule has 0 saturated heterocycles. The standard InChI is InChI=1S/C23H23NO/c24-23(15-18-7-3-1-4-8-18)16-22(23)20-11-13-21(14-12-20)25-17-19-9-5-2-6-10-19/h1-14,22H,15-17,24H2/t22-,23-/m1/s1. The molecule has 1 saturated carbocycles. The molecule has 3 aromatic carbocycles. The van der Waals surface area contributed by atoms with Crippen LogP contribution in [-0.2, 0) is 13.0 Å². The van der Waals surface area contributed by atoms with Crippen LogP contribution in [0.1, 0.15) is 29.0 Å². The van der Waals surface area contributed by atoms with Crippen molar-refractivity contribution in [1.82, 2.24) is 0 Å². The summed E-state index contributed by atoms with van der Waals surface area (Å²) in [4.78, 5) is 0. The second-order valence-electron chi connectivity index (χ2n) is 7.00. The van der Waals surface area contributed by atoms with E-state index in [1.807, 2.05) is 24.3 Å². The molecule has 1 fully saturated rings. The predicted molar refractivity (Wildman–Crippen MR) is 102 cm³/mol. The molecular formula is C23H23NO. The molecule has 4 rings (SSSR count). The van der Waals surface area contributed by atoms with Gasteiger partial charge in [0.15, 0.2) is 0 Å². The van der Waals surface area contributed by atoms with E-state index < -0.39 is 0 Å². The number of rotatable bonds is 6. The van der Waals surface area contributed by atoms with E-state index in [9.17, 15) is 0 Å². The van der Waals surface area contributed by atoms with Gasteiger partial charge in [0.1, 0.15) is 12.4 Å². The highest BCUT2D eigenvalue weighted by molar-refractivity contribution is 5.38. The number of ether oxygens (including phenoxy) is 1. The second-order valence-corrected chi connectivity index (χ2v) is 7.00. The van der Waals surface area contributed by atoms with Crippen LogP contribution in [0.5, 0.6) is 5.75 Å². The van der Waals surface area contributed by atoms with Crippen LogP contribution in [0, 0.1) is 0 Å². The Morgan fingerprint density at radius 2 is 1.40 bits per heavy atom. The highest BCUT2D eigenvalue weighted by Crippen LogP contribution is 2.51. The number of nitrogens with two attached hydrogens (primary N) is 1. The Kier molecular flexibility index (Phi) is 4.29. The molecule has 0 bridgehead atoms. The predicted octanol–water partition coefficient (Wildman–Crippen LogP) is 4.69. The lowest BCUT2D eigenvalue weighted by atomic mass is 9.99. The van der Waals surface area contributed by atoms with Gasteiger partial charge in [0, 0.05) is 11.5 Å². The maximum absolute atomic E-state index is 6.60. The van der Waals surface area contributed by atoms with Crippen LogP contribution in [-0.4, -0.2) is 5.54 Å². The minimum Gasteiger partial charge on any atom is -0.489 e. The molecule has 2 N–H and O–H groups in total. The van der Waals surface area contributed by atoms with E-state index in [0.717, 1.165) is 18.6 Å². The normalized spacial score (nSPS) is 21.7. The van der Waals surface area contributed by atoms with Crippen molar-refractivity contribution in [3.63, 3.8) is 0 Å². The summed E-state index contributed by atoms with van der Waals surface area (Å²) in [6.45, 7) is 0.596. The maximum Gasteiger partial charge on any atom is 0.119 e. The van der Waals surface area contributed by atoms with Gasteiger partial charge in [0.05, 0.1) is 0 Å². The molecule has 0 amide bonds. The molecule has 1 aliphatic rings. The number of hydrogen-bond acceptors (Lipinski definition) is 2. The van der Waals surface area contributed by atoms with Crippen LogP contribution >= 0.6 is 0 Å². The van der Waals surface area contributed by atoms with E-state index >= 15 is 0 Å². The van der Waals surface area contributed by atoms with Crippen molar-refractivity contribution in [2.75, 3.05) is 0 Å². The highest BCUT2D eigenvalue weighted by Gasteiger charge is 2.51. The van der Waals surface area contributed by atoms with Crippen LogP contribution in [0.2, 0.25) is 0 Å². The second kappa shape index (κ2) is 6.73. The third-order valence-electron chi connectivity index (χ3n) is 5.02. The van der Waals surface area contributed by atoms with E-state index in [1.54, 1.807) is 0 Å². The van der Waals surface area contributed by atoms with Gasteiger partial charge < -0.3 is 10.5 Å². The van der Waals surface area contributed by atoms with Crippen molar-refractivity contribution in [2.24, 2.45) is 5.73 Å². The summed E-state index contributed by atoms with van der Waals surface area (Å²) in [5.74, 6) is 1.34. The summed E-state index contributed by atoms with van der Waals surface area (Å²) in [6.07, 6.45) is 1.98. The molecule has 126 valence electrons. The Labute approximate surface area is 149 Å². The summed E-state index contributed by atoms with van der Waals surface area (Å²) in [6, 6.07) is 29.2. The van der Waals surface area contributed by atoms with Crippen molar-refractivity contribution < 1.29 is 4.74 Å². The van der Waals surface area contributed by atoms with Gasteiger partial charge in [-0.3, -0.25) is 0 Å². The van der Waals surface area contributed by atoms with Gasteiger partial charge in [-0.2, -0.15) is 0 Å². The molecule has 2 atom stereocenters. The van der Waals surface area contributed by atoms with Crippen LogP contribution in [0.25, 0.3) is 0 Å². The van der Waals surface area contributed by atoms with Crippen LogP contribution < -0.4 is 10.5 Å². The highest BCUT2D eigenvalue weighted by atomic mass is 16.5. The first-order valence-electron chi connectivity index (χ1n) is 8.82. The molecule has 0 aromatic heterocycles. The third-order valence-corrected chi connectivity index (χ3v) is 5.02. The van der Waals surface area contributed by atoms with E-state index in [2.05, 4.69) is 60.7 Å². The molecule has 3 aromatic rings. The maximum atomic E-state index is 6.60. The summed E-state index contributed by atoms with van der Waals surface area (Å²) in [5.41, 5.74) is 10.3. The van der Waals surface area contributed by atoms with Crippen molar-refractivity contribution in [2.45, 2.75) is 30.9 Å². The zero-order chi connectivity index (χ0) is 17.1. The zero-order valence-electron chi connectivity index (χ0n) is 14.3. The van der Waals surface area contributed by atoms with Gasteiger partial charge in [-0.25, -0.2) is 0 Å². The first kappa shape index (κ1) is 15.9. The molecule has 2 nitrogen and oxygen atoms in total. The molecule has 2 heteroatoms. The molecule has 1 aliphatic carbocycles.